The Labute approximate surface area is 188 Å². The number of likely N-dealkylation sites (tertiary alicyclic amines) is 1. The van der Waals surface area contributed by atoms with E-state index in [1.807, 2.05) is 0 Å². The third-order valence-electron chi connectivity index (χ3n) is 7.11. The van der Waals surface area contributed by atoms with Crippen LogP contribution in [-0.2, 0) is 24.2 Å². The first-order valence-corrected chi connectivity index (χ1v) is 12.3. The topological polar surface area (TPSA) is 44.4 Å². The summed E-state index contributed by atoms with van der Waals surface area (Å²) >= 11 is 0. The average molecular weight is 425 g/mol. The van der Waals surface area contributed by atoms with Crippen LogP contribution in [-0.4, -0.2) is 58.7 Å². The number of imidazole rings is 1. The summed E-state index contributed by atoms with van der Waals surface area (Å²) in [6, 6.07) is 8.81. The first-order valence-electron chi connectivity index (χ1n) is 12.3. The minimum atomic E-state index is 0.394. The molecule has 1 atom stereocenters. The maximum Gasteiger partial charge on any atom is 0.106 e. The maximum atomic E-state index is 5.98. The van der Waals surface area contributed by atoms with Crippen molar-refractivity contribution in [2.45, 2.75) is 72.1 Å². The minimum absolute atomic E-state index is 0.394. The molecule has 1 N–H and O–H groups in total. The number of rotatable bonds is 9. The standard InChI is InChI=1S/C26H40N4O/c1-4-26-27-21(3)25(28-26)19-30(18-24-10-7-15-31-24)16-22-11-13-29(14-12-22)17-23-9-6-5-8-20(23)2/h5-6,8-9,22,24H,4,7,10-19H2,1-3H3,(H,27,28). The molecule has 0 spiro atoms. The van der Waals surface area contributed by atoms with Gasteiger partial charge in [-0.1, -0.05) is 31.2 Å². The lowest BCUT2D eigenvalue weighted by Gasteiger charge is -2.35. The number of H-pyrrole nitrogens is 1. The average Bonchev–Trinajstić information content (AvgIpc) is 3.41. The summed E-state index contributed by atoms with van der Waals surface area (Å²) in [6.45, 7) is 14.1. The highest BCUT2D eigenvalue weighted by Gasteiger charge is 2.26. The van der Waals surface area contributed by atoms with Crippen molar-refractivity contribution < 1.29 is 4.74 Å². The van der Waals surface area contributed by atoms with Gasteiger partial charge < -0.3 is 9.72 Å². The zero-order chi connectivity index (χ0) is 21.6. The summed E-state index contributed by atoms with van der Waals surface area (Å²) < 4.78 is 5.98. The minimum Gasteiger partial charge on any atom is -0.377 e. The Hall–Kier alpha value is -1.69. The van der Waals surface area contributed by atoms with Gasteiger partial charge in [-0.3, -0.25) is 9.80 Å². The Balaban J connectivity index is 1.33. The van der Waals surface area contributed by atoms with E-state index in [0.717, 1.165) is 50.9 Å². The SMILES string of the molecule is CCc1nc(CN(CC2CCN(Cc3ccccc3C)CC2)CC2CCCO2)c(C)[nH]1. The molecule has 0 saturated carbocycles. The summed E-state index contributed by atoms with van der Waals surface area (Å²) in [5.74, 6) is 1.87. The van der Waals surface area contributed by atoms with Crippen molar-refractivity contribution in [3.63, 3.8) is 0 Å². The Kier molecular flexibility index (Phi) is 7.81. The number of aromatic amines is 1. The van der Waals surface area contributed by atoms with Crippen LogP contribution in [0.1, 0.15) is 60.9 Å². The van der Waals surface area contributed by atoms with Gasteiger partial charge in [0.1, 0.15) is 5.82 Å². The van der Waals surface area contributed by atoms with Crippen LogP contribution >= 0.6 is 0 Å². The predicted octanol–water partition coefficient (Wildman–Crippen LogP) is 4.48. The summed E-state index contributed by atoms with van der Waals surface area (Å²) in [5.41, 5.74) is 5.32. The van der Waals surface area contributed by atoms with E-state index >= 15 is 0 Å². The van der Waals surface area contributed by atoms with Crippen molar-refractivity contribution >= 4 is 0 Å². The van der Waals surface area contributed by atoms with Crippen LogP contribution in [0.15, 0.2) is 24.3 Å². The lowest BCUT2D eigenvalue weighted by molar-refractivity contribution is 0.0565. The molecule has 2 saturated heterocycles. The molecule has 0 radical (unpaired) electrons. The smallest absolute Gasteiger partial charge is 0.106 e. The summed E-state index contributed by atoms with van der Waals surface area (Å²) in [7, 11) is 0. The van der Waals surface area contributed by atoms with E-state index in [4.69, 9.17) is 9.72 Å². The van der Waals surface area contributed by atoms with E-state index in [0.29, 0.717) is 6.10 Å². The van der Waals surface area contributed by atoms with E-state index in [-0.39, 0.29) is 0 Å². The highest BCUT2D eigenvalue weighted by molar-refractivity contribution is 5.25. The normalized spacial score (nSPS) is 20.7. The molecule has 5 heteroatoms. The second kappa shape index (κ2) is 10.8. The molecule has 4 rings (SSSR count). The van der Waals surface area contributed by atoms with Gasteiger partial charge in [-0.05, 0) is 69.7 Å². The van der Waals surface area contributed by atoms with Crippen LogP contribution in [0.3, 0.4) is 0 Å². The molecule has 0 aliphatic carbocycles. The van der Waals surface area contributed by atoms with Crippen molar-refractivity contribution in [1.82, 2.24) is 19.8 Å². The van der Waals surface area contributed by atoms with Gasteiger partial charge in [0.15, 0.2) is 0 Å². The quantitative estimate of drug-likeness (QED) is 0.644. The molecule has 1 unspecified atom stereocenters. The summed E-state index contributed by atoms with van der Waals surface area (Å²) in [5, 5.41) is 0. The van der Waals surface area contributed by atoms with Crippen molar-refractivity contribution in [3.8, 4) is 0 Å². The Bertz CT molecular complexity index is 819. The second-order valence-electron chi connectivity index (χ2n) is 9.58. The third kappa shape index (κ3) is 6.18. The van der Waals surface area contributed by atoms with Gasteiger partial charge in [-0.25, -0.2) is 4.98 Å². The van der Waals surface area contributed by atoms with Crippen LogP contribution in [0.4, 0.5) is 0 Å². The van der Waals surface area contributed by atoms with Crippen LogP contribution in [0.25, 0.3) is 0 Å². The Morgan fingerprint density at radius 1 is 1.13 bits per heavy atom. The first-order chi connectivity index (χ1) is 15.1. The maximum absolute atomic E-state index is 5.98. The van der Waals surface area contributed by atoms with Gasteiger partial charge in [-0.15, -0.1) is 0 Å². The lowest BCUT2D eigenvalue weighted by atomic mass is 9.95. The molecule has 1 aromatic heterocycles. The second-order valence-corrected chi connectivity index (χ2v) is 9.58. The van der Waals surface area contributed by atoms with Crippen molar-refractivity contribution in [2.24, 2.45) is 5.92 Å². The van der Waals surface area contributed by atoms with Gasteiger partial charge in [0.2, 0.25) is 0 Å². The zero-order valence-electron chi connectivity index (χ0n) is 19.7. The van der Waals surface area contributed by atoms with Crippen molar-refractivity contribution in [3.05, 3.63) is 52.6 Å². The molecular formula is C26H40N4O. The number of piperidine rings is 1. The molecular weight excluding hydrogens is 384 g/mol. The summed E-state index contributed by atoms with van der Waals surface area (Å²) in [6.07, 6.45) is 6.33. The molecule has 2 aromatic rings. The van der Waals surface area contributed by atoms with Gasteiger partial charge in [0.05, 0.1) is 11.8 Å². The fraction of sp³-hybridized carbons (Fsp3) is 0.654. The van der Waals surface area contributed by atoms with E-state index in [9.17, 15) is 0 Å². The molecule has 0 bridgehead atoms. The monoisotopic (exact) mass is 424 g/mol. The molecule has 1 aromatic carbocycles. The number of ether oxygens (including phenoxy) is 1. The predicted molar refractivity (Wildman–Crippen MR) is 126 cm³/mol. The number of hydrogen-bond donors (Lipinski definition) is 1. The van der Waals surface area contributed by atoms with Gasteiger partial charge in [-0.2, -0.15) is 0 Å². The molecule has 2 aliphatic rings. The zero-order valence-corrected chi connectivity index (χ0v) is 19.7. The molecule has 170 valence electrons. The highest BCUT2D eigenvalue weighted by atomic mass is 16.5. The van der Waals surface area contributed by atoms with Crippen LogP contribution in [0, 0.1) is 19.8 Å². The van der Waals surface area contributed by atoms with E-state index < -0.39 is 0 Å². The van der Waals surface area contributed by atoms with Crippen molar-refractivity contribution in [1.29, 1.82) is 0 Å². The molecule has 2 fully saturated rings. The third-order valence-corrected chi connectivity index (χ3v) is 7.11. The van der Waals surface area contributed by atoms with Crippen LogP contribution in [0.2, 0.25) is 0 Å². The van der Waals surface area contributed by atoms with Gasteiger partial charge in [0, 0.05) is 44.9 Å². The molecule has 5 nitrogen and oxygen atoms in total. The largest absolute Gasteiger partial charge is 0.377 e. The summed E-state index contributed by atoms with van der Waals surface area (Å²) in [4.78, 5) is 13.6. The van der Waals surface area contributed by atoms with E-state index in [2.05, 4.69) is 59.8 Å². The fourth-order valence-corrected chi connectivity index (χ4v) is 5.10. The van der Waals surface area contributed by atoms with Crippen LogP contribution in [0.5, 0.6) is 0 Å². The fourth-order valence-electron chi connectivity index (χ4n) is 5.10. The highest BCUT2D eigenvalue weighted by Crippen LogP contribution is 2.23. The van der Waals surface area contributed by atoms with Crippen LogP contribution < -0.4 is 0 Å². The lowest BCUT2D eigenvalue weighted by Crippen LogP contribution is -2.40. The molecule has 3 heterocycles. The van der Waals surface area contributed by atoms with Gasteiger partial charge >= 0.3 is 0 Å². The number of benzene rings is 1. The number of nitrogens with one attached hydrogen (secondary N) is 1. The number of nitrogens with zero attached hydrogens (tertiary/aromatic N) is 3. The van der Waals surface area contributed by atoms with E-state index in [1.54, 1.807) is 0 Å². The Morgan fingerprint density at radius 2 is 1.94 bits per heavy atom. The molecule has 31 heavy (non-hydrogen) atoms. The molecule has 0 amide bonds. The number of aromatic nitrogens is 2. The number of hydrogen-bond acceptors (Lipinski definition) is 4. The Morgan fingerprint density at radius 3 is 2.61 bits per heavy atom. The van der Waals surface area contributed by atoms with E-state index in [1.165, 1.54) is 61.3 Å². The number of aryl methyl sites for hydroxylation is 3. The van der Waals surface area contributed by atoms with Crippen molar-refractivity contribution in [2.75, 3.05) is 32.8 Å². The first kappa shape index (κ1) is 22.5. The molecule has 2 aliphatic heterocycles. The van der Waals surface area contributed by atoms with Gasteiger partial charge in [0.25, 0.3) is 0 Å².